The van der Waals surface area contributed by atoms with Gasteiger partial charge in [0.1, 0.15) is 6.04 Å². The van der Waals surface area contributed by atoms with E-state index in [0.717, 1.165) is 12.0 Å². The number of hydrogen-bond acceptors (Lipinski definition) is 6. The number of hydrogen-bond donors (Lipinski definition) is 3. The summed E-state index contributed by atoms with van der Waals surface area (Å²) in [6, 6.07) is 8.46. The maximum absolute atomic E-state index is 13.5. The summed E-state index contributed by atoms with van der Waals surface area (Å²) in [6.45, 7) is 7.57. The summed E-state index contributed by atoms with van der Waals surface area (Å²) in [7, 11) is 0. The molecule has 34 heavy (non-hydrogen) atoms. The topological polar surface area (TPSA) is 112 Å². The van der Waals surface area contributed by atoms with E-state index in [2.05, 4.69) is 15.6 Å². The van der Waals surface area contributed by atoms with Crippen LogP contribution in [0.15, 0.2) is 41.9 Å². The summed E-state index contributed by atoms with van der Waals surface area (Å²) >= 11 is 1.30. The highest BCUT2D eigenvalue weighted by atomic mass is 32.1. The lowest BCUT2D eigenvalue weighted by Gasteiger charge is -2.34. The molecule has 0 aliphatic rings. The zero-order valence-electron chi connectivity index (χ0n) is 20.3. The van der Waals surface area contributed by atoms with Crippen LogP contribution in [0.2, 0.25) is 0 Å². The Morgan fingerprint density at radius 2 is 1.88 bits per heavy atom. The van der Waals surface area contributed by atoms with Crippen molar-refractivity contribution < 1.29 is 19.6 Å². The molecule has 2 rings (SSSR count). The molecule has 1 heterocycles. The number of nitrogens with one attached hydrogen (secondary N) is 2. The van der Waals surface area contributed by atoms with Crippen molar-refractivity contribution in [3.05, 3.63) is 47.5 Å². The molecule has 3 N–H and O–H groups in total. The first kappa shape index (κ1) is 27.5. The molecule has 0 saturated heterocycles. The molecule has 0 radical (unpaired) electrons. The number of carbonyl (C=O) groups is 3. The van der Waals surface area contributed by atoms with E-state index in [1.54, 1.807) is 11.6 Å². The van der Waals surface area contributed by atoms with Crippen LogP contribution < -0.4 is 10.6 Å². The minimum atomic E-state index is -0.769. The number of nitrogens with zero attached hydrogens (tertiary/aromatic N) is 2. The summed E-state index contributed by atoms with van der Waals surface area (Å²) in [5, 5.41) is 18.8. The second kappa shape index (κ2) is 13.8. The van der Waals surface area contributed by atoms with E-state index in [4.69, 9.17) is 0 Å². The van der Waals surface area contributed by atoms with Crippen LogP contribution in [0, 0.1) is 17.8 Å². The van der Waals surface area contributed by atoms with E-state index in [-0.39, 0.29) is 23.7 Å². The predicted molar refractivity (Wildman–Crippen MR) is 133 cm³/mol. The van der Waals surface area contributed by atoms with Crippen LogP contribution in [0.1, 0.15) is 52.5 Å². The van der Waals surface area contributed by atoms with Crippen LogP contribution in [0.4, 0.5) is 5.13 Å². The molecule has 9 heteroatoms. The summed E-state index contributed by atoms with van der Waals surface area (Å²) in [5.41, 5.74) is 1.15. The highest BCUT2D eigenvalue weighted by Gasteiger charge is 2.37. The Bertz CT molecular complexity index is 892. The molecule has 0 unspecified atom stereocenters. The number of carbonyl (C=O) groups excluding carboxylic acids is 3. The number of rotatable bonds is 14. The molecule has 2 aromatic rings. The summed E-state index contributed by atoms with van der Waals surface area (Å²) in [5.74, 6) is -1.67. The van der Waals surface area contributed by atoms with Gasteiger partial charge in [0.2, 0.25) is 18.2 Å². The molecule has 0 fully saturated rings. The van der Waals surface area contributed by atoms with Gasteiger partial charge in [-0.05, 0) is 36.7 Å². The number of anilines is 1. The summed E-state index contributed by atoms with van der Waals surface area (Å²) in [4.78, 5) is 42.0. The largest absolute Gasteiger partial charge is 0.344 e. The third-order valence-electron chi connectivity index (χ3n) is 6.12. The van der Waals surface area contributed by atoms with Crippen molar-refractivity contribution in [3.8, 4) is 0 Å². The average Bonchev–Trinajstić information content (AvgIpc) is 3.34. The van der Waals surface area contributed by atoms with Crippen LogP contribution in [-0.2, 0) is 20.8 Å². The van der Waals surface area contributed by atoms with Gasteiger partial charge in [-0.2, -0.15) is 0 Å². The van der Waals surface area contributed by atoms with Gasteiger partial charge in [0.15, 0.2) is 5.13 Å². The van der Waals surface area contributed by atoms with Gasteiger partial charge in [-0.1, -0.05) is 64.4 Å². The predicted octanol–water partition coefficient (Wildman–Crippen LogP) is 4.12. The van der Waals surface area contributed by atoms with Gasteiger partial charge in [-0.25, -0.2) is 10.0 Å². The molecule has 1 aromatic carbocycles. The van der Waals surface area contributed by atoms with Crippen LogP contribution in [0.3, 0.4) is 0 Å². The molecule has 0 aliphatic carbocycles. The highest BCUT2D eigenvalue weighted by molar-refractivity contribution is 7.13. The first-order valence-corrected chi connectivity index (χ1v) is 12.6. The molecule has 0 aliphatic heterocycles. The van der Waals surface area contributed by atoms with Gasteiger partial charge in [0, 0.05) is 11.6 Å². The first-order valence-electron chi connectivity index (χ1n) is 11.8. The molecule has 3 amide bonds. The van der Waals surface area contributed by atoms with Gasteiger partial charge < -0.3 is 10.6 Å². The normalized spacial score (nSPS) is 14.6. The van der Waals surface area contributed by atoms with Crippen LogP contribution in [0.25, 0.3) is 0 Å². The number of aryl methyl sites for hydroxylation is 1. The number of hydroxylamine groups is 2. The maximum Gasteiger partial charge on any atom is 0.249 e. The van der Waals surface area contributed by atoms with Crippen LogP contribution in [0.5, 0.6) is 0 Å². The van der Waals surface area contributed by atoms with Gasteiger partial charge in [0.25, 0.3) is 0 Å². The van der Waals surface area contributed by atoms with E-state index in [1.165, 1.54) is 11.3 Å². The van der Waals surface area contributed by atoms with E-state index in [0.29, 0.717) is 35.9 Å². The molecular formula is C25H36N4O4S. The molecule has 1 aromatic heterocycles. The van der Waals surface area contributed by atoms with E-state index >= 15 is 0 Å². The SMILES string of the molecule is CC[C@H](C)[C@H](NC(=O)[C@H](CCCc1ccccc1)[C@H](C(C)C)N(O)C=O)C(=O)Nc1nccs1. The summed E-state index contributed by atoms with van der Waals surface area (Å²) < 4.78 is 0. The molecule has 186 valence electrons. The lowest BCUT2D eigenvalue weighted by atomic mass is 9.84. The second-order valence-corrected chi connectivity index (χ2v) is 9.80. The molecule has 4 atom stereocenters. The van der Waals surface area contributed by atoms with Crippen molar-refractivity contribution in [2.24, 2.45) is 17.8 Å². The zero-order valence-corrected chi connectivity index (χ0v) is 21.1. The highest BCUT2D eigenvalue weighted by Crippen LogP contribution is 2.25. The molecular weight excluding hydrogens is 452 g/mol. The number of aromatic nitrogens is 1. The smallest absolute Gasteiger partial charge is 0.249 e. The van der Waals surface area contributed by atoms with Crippen LogP contribution in [-0.4, -0.2) is 45.6 Å². The minimum absolute atomic E-state index is 0.123. The van der Waals surface area contributed by atoms with E-state index < -0.39 is 18.0 Å². The van der Waals surface area contributed by atoms with Crippen LogP contribution >= 0.6 is 11.3 Å². The second-order valence-electron chi connectivity index (χ2n) is 8.90. The summed E-state index contributed by atoms with van der Waals surface area (Å²) in [6.07, 6.45) is 4.53. The van der Waals surface area contributed by atoms with Crippen molar-refractivity contribution in [1.29, 1.82) is 0 Å². The molecule has 8 nitrogen and oxygen atoms in total. The lowest BCUT2D eigenvalue weighted by molar-refractivity contribution is -0.173. The molecule has 0 saturated carbocycles. The quantitative estimate of drug-likeness (QED) is 0.210. The van der Waals surface area contributed by atoms with Crippen molar-refractivity contribution in [2.45, 2.75) is 65.5 Å². The van der Waals surface area contributed by atoms with Crippen molar-refractivity contribution in [1.82, 2.24) is 15.4 Å². The Morgan fingerprint density at radius 1 is 1.18 bits per heavy atom. The Morgan fingerprint density at radius 3 is 2.44 bits per heavy atom. The number of benzene rings is 1. The molecule has 0 bridgehead atoms. The van der Waals surface area contributed by atoms with Gasteiger partial charge in [-0.15, -0.1) is 11.3 Å². The lowest BCUT2D eigenvalue weighted by Crippen LogP contribution is -2.54. The van der Waals surface area contributed by atoms with Crippen molar-refractivity contribution >= 4 is 34.7 Å². The fourth-order valence-electron chi connectivity index (χ4n) is 4.08. The Kier molecular flexibility index (Phi) is 11.2. The van der Waals surface area contributed by atoms with E-state index in [1.807, 2.05) is 58.0 Å². The van der Waals surface area contributed by atoms with Crippen molar-refractivity contribution in [3.63, 3.8) is 0 Å². The van der Waals surface area contributed by atoms with E-state index in [9.17, 15) is 19.6 Å². The molecule has 0 spiro atoms. The Hall–Kier alpha value is -2.78. The number of amides is 3. The fraction of sp³-hybridized carbons (Fsp3) is 0.520. The van der Waals surface area contributed by atoms with Gasteiger partial charge >= 0.3 is 0 Å². The number of thiazole rings is 1. The Balaban J connectivity index is 2.21. The standard InChI is InChI=1S/C25H36N4O4S/c1-5-18(4)21(24(32)28-25-26-14-15-34-25)27-23(31)20(22(17(2)3)29(33)16-30)13-9-12-19-10-7-6-8-11-19/h6-8,10-11,14-18,20-22,33H,5,9,12-13H2,1-4H3,(H,27,31)(H,26,28,32)/t18-,20+,21-,22-/m0/s1. The zero-order chi connectivity index (χ0) is 25.1. The van der Waals surface area contributed by atoms with Gasteiger partial charge in [-0.3, -0.25) is 19.6 Å². The first-order chi connectivity index (χ1) is 16.3. The minimum Gasteiger partial charge on any atom is -0.344 e. The van der Waals surface area contributed by atoms with Gasteiger partial charge in [0.05, 0.1) is 12.0 Å². The van der Waals surface area contributed by atoms with Crippen molar-refractivity contribution in [2.75, 3.05) is 5.32 Å². The third-order valence-corrected chi connectivity index (χ3v) is 6.81. The third kappa shape index (κ3) is 7.92. The maximum atomic E-state index is 13.5. The average molecular weight is 489 g/mol. The monoisotopic (exact) mass is 488 g/mol. The fourth-order valence-corrected chi connectivity index (χ4v) is 4.61. The Labute approximate surface area is 205 Å².